The molecule has 1 saturated heterocycles. The van der Waals surface area contributed by atoms with Crippen molar-refractivity contribution >= 4 is 5.69 Å². The molecule has 1 saturated carbocycles. The van der Waals surface area contributed by atoms with Gasteiger partial charge in [-0.1, -0.05) is 64.5 Å². The number of aliphatic hydroxyl groups excluding tert-OH is 1. The van der Waals surface area contributed by atoms with Gasteiger partial charge >= 0.3 is 0 Å². The van der Waals surface area contributed by atoms with E-state index in [1.807, 2.05) is 0 Å². The second-order valence-electron chi connectivity index (χ2n) is 14.3. The number of nitrogens with zero attached hydrogens (tertiary/aromatic N) is 2. The Morgan fingerprint density at radius 1 is 0.919 bits per heavy atom. The Kier molecular flexibility index (Phi) is 6.43. The predicted octanol–water partition coefficient (Wildman–Crippen LogP) is 7.08. The van der Waals surface area contributed by atoms with Gasteiger partial charge in [0.25, 0.3) is 0 Å². The lowest BCUT2D eigenvalue weighted by molar-refractivity contribution is -0.0905. The van der Waals surface area contributed by atoms with Crippen molar-refractivity contribution in [3.05, 3.63) is 53.1 Å². The van der Waals surface area contributed by atoms with Gasteiger partial charge in [0.2, 0.25) is 0 Å². The van der Waals surface area contributed by atoms with Crippen LogP contribution in [-0.4, -0.2) is 48.8 Å². The van der Waals surface area contributed by atoms with E-state index in [9.17, 15) is 5.11 Å². The molecule has 0 bridgehead atoms. The Balaban J connectivity index is 1.15. The summed E-state index contributed by atoms with van der Waals surface area (Å²) in [5, 5.41) is 10.8. The number of hydrogen-bond donors (Lipinski definition) is 1. The summed E-state index contributed by atoms with van der Waals surface area (Å²) in [5.74, 6) is 2.09. The van der Waals surface area contributed by atoms with E-state index in [0.29, 0.717) is 11.3 Å². The summed E-state index contributed by atoms with van der Waals surface area (Å²) in [5.41, 5.74) is 7.31. The van der Waals surface area contributed by atoms with E-state index >= 15 is 0 Å². The van der Waals surface area contributed by atoms with Crippen LogP contribution in [0, 0.1) is 34.0 Å². The molecule has 6 rings (SSSR count). The lowest BCUT2D eigenvalue weighted by Crippen LogP contribution is -2.53. The Morgan fingerprint density at radius 2 is 1.65 bits per heavy atom. The number of piperazine rings is 1. The first-order valence-corrected chi connectivity index (χ1v) is 15.3. The summed E-state index contributed by atoms with van der Waals surface area (Å²) >= 11 is 0. The highest BCUT2D eigenvalue weighted by Crippen LogP contribution is 2.66. The van der Waals surface area contributed by atoms with E-state index in [1.54, 1.807) is 16.7 Å². The van der Waals surface area contributed by atoms with Gasteiger partial charge in [0.15, 0.2) is 0 Å². The van der Waals surface area contributed by atoms with E-state index in [0.717, 1.165) is 31.3 Å². The molecule has 0 radical (unpaired) electrons. The SMILES string of the molecule is C[C@H](CN1CCN(c2ccccc2)CC1)[C@H]1CC=C2C3=C(CC[C@@]21C)[C@@]1(C)CCC(O)C(C)(C)C1CC3. The second kappa shape index (κ2) is 9.26. The fourth-order valence-electron chi connectivity index (χ4n) is 9.94. The molecule has 1 aromatic rings. The number of allylic oxidation sites excluding steroid dienone is 4. The van der Waals surface area contributed by atoms with Crippen LogP contribution < -0.4 is 4.90 Å². The van der Waals surface area contributed by atoms with Crippen molar-refractivity contribution in [2.75, 3.05) is 37.6 Å². The minimum absolute atomic E-state index is 0.0257. The van der Waals surface area contributed by atoms with Crippen molar-refractivity contribution in [2.45, 2.75) is 85.7 Å². The van der Waals surface area contributed by atoms with Crippen LogP contribution in [0.15, 0.2) is 53.1 Å². The lowest BCUT2D eigenvalue weighted by Gasteiger charge is -2.59. The van der Waals surface area contributed by atoms with Crippen molar-refractivity contribution in [1.29, 1.82) is 0 Å². The van der Waals surface area contributed by atoms with Gasteiger partial charge in [-0.05, 0) is 102 Å². The summed E-state index contributed by atoms with van der Waals surface area (Å²) < 4.78 is 0. The normalized spacial score (nSPS) is 38.5. The molecule has 6 atom stereocenters. The first-order chi connectivity index (χ1) is 17.6. The topological polar surface area (TPSA) is 26.7 Å². The number of para-hydroxylation sites is 1. The molecule has 5 aliphatic rings. The summed E-state index contributed by atoms with van der Waals surface area (Å²) in [4.78, 5) is 5.29. The molecule has 1 aliphatic heterocycles. The highest BCUT2D eigenvalue weighted by molar-refractivity contribution is 5.50. The van der Waals surface area contributed by atoms with Gasteiger partial charge < -0.3 is 10.0 Å². The molecule has 2 fully saturated rings. The quantitative estimate of drug-likeness (QED) is 0.476. The van der Waals surface area contributed by atoms with E-state index in [1.165, 1.54) is 63.8 Å². The molecule has 0 spiro atoms. The molecule has 0 amide bonds. The third kappa shape index (κ3) is 4.06. The van der Waals surface area contributed by atoms with Crippen LogP contribution in [-0.2, 0) is 0 Å². The second-order valence-corrected chi connectivity index (χ2v) is 14.3. The molecular formula is C34H50N2O. The Hall–Kier alpha value is -1.58. The van der Waals surface area contributed by atoms with E-state index in [4.69, 9.17) is 0 Å². The van der Waals surface area contributed by atoms with Crippen LogP contribution >= 0.6 is 0 Å². The average molecular weight is 503 g/mol. The van der Waals surface area contributed by atoms with Crippen LogP contribution in [0.1, 0.15) is 79.6 Å². The van der Waals surface area contributed by atoms with Gasteiger partial charge in [-0.3, -0.25) is 4.90 Å². The molecule has 37 heavy (non-hydrogen) atoms. The van der Waals surface area contributed by atoms with Crippen molar-refractivity contribution < 1.29 is 5.11 Å². The van der Waals surface area contributed by atoms with Crippen LogP contribution in [0.2, 0.25) is 0 Å². The largest absolute Gasteiger partial charge is 0.393 e. The summed E-state index contributed by atoms with van der Waals surface area (Å²) in [7, 11) is 0. The Labute approximate surface area is 226 Å². The number of fused-ring (bicyclic) bond motifs is 4. The predicted molar refractivity (Wildman–Crippen MR) is 155 cm³/mol. The number of rotatable bonds is 4. The molecule has 1 N–H and O–H groups in total. The molecule has 3 heteroatoms. The van der Waals surface area contributed by atoms with Crippen LogP contribution in [0.4, 0.5) is 5.69 Å². The number of anilines is 1. The molecule has 3 nitrogen and oxygen atoms in total. The Morgan fingerprint density at radius 3 is 2.38 bits per heavy atom. The highest BCUT2D eigenvalue weighted by Gasteiger charge is 2.57. The highest BCUT2D eigenvalue weighted by atomic mass is 16.3. The van der Waals surface area contributed by atoms with Crippen LogP contribution in [0.5, 0.6) is 0 Å². The van der Waals surface area contributed by atoms with Crippen LogP contribution in [0.25, 0.3) is 0 Å². The first kappa shape index (κ1) is 25.7. The van der Waals surface area contributed by atoms with E-state index < -0.39 is 0 Å². The maximum Gasteiger partial charge on any atom is 0.0594 e. The zero-order valence-corrected chi connectivity index (χ0v) is 24.1. The summed E-state index contributed by atoms with van der Waals surface area (Å²) in [6.45, 7) is 18.3. The van der Waals surface area contributed by atoms with Gasteiger partial charge in [-0.2, -0.15) is 0 Å². The lowest BCUT2D eigenvalue weighted by atomic mass is 9.46. The van der Waals surface area contributed by atoms with Gasteiger partial charge in [0.05, 0.1) is 6.10 Å². The van der Waals surface area contributed by atoms with Crippen molar-refractivity contribution in [2.24, 2.45) is 34.0 Å². The van der Waals surface area contributed by atoms with Gasteiger partial charge in [-0.15, -0.1) is 0 Å². The maximum absolute atomic E-state index is 10.8. The van der Waals surface area contributed by atoms with Crippen LogP contribution in [0.3, 0.4) is 0 Å². The molecular weight excluding hydrogens is 452 g/mol. The molecule has 4 aliphatic carbocycles. The minimum Gasteiger partial charge on any atom is -0.393 e. The molecule has 202 valence electrons. The van der Waals surface area contributed by atoms with E-state index in [-0.39, 0.29) is 16.9 Å². The summed E-state index contributed by atoms with van der Waals surface area (Å²) in [6.07, 6.45) is 11.0. The molecule has 2 unspecified atom stereocenters. The zero-order valence-electron chi connectivity index (χ0n) is 24.1. The first-order valence-electron chi connectivity index (χ1n) is 15.3. The third-order valence-corrected chi connectivity index (χ3v) is 12.2. The van der Waals surface area contributed by atoms with Crippen molar-refractivity contribution in [3.8, 4) is 0 Å². The fraction of sp³-hybridized carbons (Fsp3) is 0.706. The number of benzene rings is 1. The third-order valence-electron chi connectivity index (χ3n) is 12.2. The molecule has 1 heterocycles. The number of aliphatic hydroxyl groups is 1. The van der Waals surface area contributed by atoms with Gasteiger partial charge in [-0.25, -0.2) is 0 Å². The smallest absolute Gasteiger partial charge is 0.0594 e. The fourth-order valence-corrected chi connectivity index (χ4v) is 9.94. The molecule has 0 aromatic heterocycles. The van der Waals surface area contributed by atoms with Gasteiger partial charge in [0, 0.05) is 38.4 Å². The Bertz CT molecular complexity index is 1060. The molecule has 1 aromatic carbocycles. The number of hydrogen-bond acceptors (Lipinski definition) is 3. The summed E-state index contributed by atoms with van der Waals surface area (Å²) in [6, 6.07) is 10.9. The average Bonchev–Trinajstić information content (AvgIpc) is 3.25. The van der Waals surface area contributed by atoms with E-state index in [2.05, 4.69) is 80.8 Å². The monoisotopic (exact) mass is 502 g/mol. The zero-order chi connectivity index (χ0) is 26.0. The standard InChI is InChI=1S/C34H50N2O/c1-24(23-35-19-21-36(22-20-35)25-9-7-6-8-10-25)27-12-13-28-26-11-14-30-32(2,3)31(37)16-18-34(30,5)29(26)15-17-33(27,28)4/h6-10,13,24,27,30-31,37H,11-12,14-23H2,1-5H3/t24-,27-,30?,31?,33-,34-/m1/s1. The minimum atomic E-state index is -0.146. The van der Waals surface area contributed by atoms with Gasteiger partial charge in [0.1, 0.15) is 0 Å². The van der Waals surface area contributed by atoms with Crippen molar-refractivity contribution in [1.82, 2.24) is 4.90 Å². The maximum atomic E-state index is 10.8. The van der Waals surface area contributed by atoms with Crippen molar-refractivity contribution in [3.63, 3.8) is 0 Å².